The molecule has 1 saturated heterocycles. The first kappa shape index (κ1) is 15.7. The van der Waals surface area contributed by atoms with Gasteiger partial charge in [-0.15, -0.1) is 0 Å². The maximum atomic E-state index is 12.1. The number of hydrogen-bond donors (Lipinski definition) is 1. The third-order valence-electron chi connectivity index (χ3n) is 4.01. The number of methoxy groups -OCH3 is 2. The minimum Gasteiger partial charge on any atom is -0.497 e. The van der Waals surface area contributed by atoms with Gasteiger partial charge >= 0.3 is 0 Å². The summed E-state index contributed by atoms with van der Waals surface area (Å²) in [5, 5.41) is 6.89. The van der Waals surface area contributed by atoms with Crippen molar-refractivity contribution in [3.63, 3.8) is 0 Å². The highest BCUT2D eigenvalue weighted by Crippen LogP contribution is 2.30. The van der Waals surface area contributed by atoms with Crippen molar-refractivity contribution in [3.8, 4) is 11.5 Å². The van der Waals surface area contributed by atoms with Crippen molar-refractivity contribution in [1.29, 1.82) is 0 Å². The molecule has 0 spiro atoms. The molecule has 0 bridgehead atoms. The predicted molar refractivity (Wildman–Crippen MR) is 91.9 cm³/mol. The summed E-state index contributed by atoms with van der Waals surface area (Å²) in [6, 6.07) is 7.84. The number of hydrogen-bond acceptors (Lipinski definition) is 5. The van der Waals surface area contributed by atoms with Gasteiger partial charge < -0.3 is 19.7 Å². The van der Waals surface area contributed by atoms with Crippen LogP contribution in [0.15, 0.2) is 35.0 Å². The molecule has 23 heavy (non-hydrogen) atoms. The lowest BCUT2D eigenvalue weighted by Crippen LogP contribution is -2.36. The first-order valence-electron chi connectivity index (χ1n) is 7.50. The summed E-state index contributed by atoms with van der Waals surface area (Å²) in [7, 11) is 3.29. The molecule has 1 N–H and O–H groups in total. The smallest absolute Gasteiger partial charge is 0.252 e. The van der Waals surface area contributed by atoms with Crippen LogP contribution >= 0.6 is 11.3 Å². The standard InChI is InChI=1S/C17H20N2O3S/c1-21-15-7-14(8-16(9-15)22-2)19-5-3-13(10-19)18-17(20)12-4-6-23-11-12/h4,6-9,11,13H,3,5,10H2,1-2H3,(H,18,20)/t13-/m0/s1. The number of benzene rings is 1. The van der Waals surface area contributed by atoms with Crippen LogP contribution in [0.25, 0.3) is 0 Å². The fraction of sp³-hybridized carbons (Fsp3) is 0.353. The van der Waals surface area contributed by atoms with Gasteiger partial charge in [-0.1, -0.05) is 0 Å². The van der Waals surface area contributed by atoms with E-state index in [4.69, 9.17) is 9.47 Å². The molecular formula is C17H20N2O3S. The summed E-state index contributed by atoms with van der Waals surface area (Å²) in [5.41, 5.74) is 1.78. The second-order valence-corrected chi connectivity index (χ2v) is 6.27. The van der Waals surface area contributed by atoms with Gasteiger partial charge in [-0.3, -0.25) is 4.79 Å². The van der Waals surface area contributed by atoms with Crippen LogP contribution in [0.4, 0.5) is 5.69 Å². The number of ether oxygens (including phenoxy) is 2. The van der Waals surface area contributed by atoms with Crippen LogP contribution < -0.4 is 19.7 Å². The molecule has 2 aromatic rings. The number of rotatable bonds is 5. The Hall–Kier alpha value is -2.21. The van der Waals surface area contributed by atoms with E-state index >= 15 is 0 Å². The first-order valence-corrected chi connectivity index (χ1v) is 8.45. The molecular weight excluding hydrogens is 312 g/mol. The van der Waals surface area contributed by atoms with Gasteiger partial charge in [0, 0.05) is 54.0 Å². The van der Waals surface area contributed by atoms with Crippen molar-refractivity contribution in [2.24, 2.45) is 0 Å². The number of carbonyl (C=O) groups is 1. The second-order valence-electron chi connectivity index (χ2n) is 5.49. The zero-order valence-corrected chi connectivity index (χ0v) is 14.1. The average molecular weight is 332 g/mol. The second kappa shape index (κ2) is 6.91. The topological polar surface area (TPSA) is 50.8 Å². The highest BCUT2D eigenvalue weighted by Gasteiger charge is 2.25. The third kappa shape index (κ3) is 3.59. The molecule has 1 atom stereocenters. The summed E-state index contributed by atoms with van der Waals surface area (Å²) in [6.07, 6.45) is 0.926. The van der Waals surface area contributed by atoms with E-state index in [-0.39, 0.29) is 11.9 Å². The van der Waals surface area contributed by atoms with E-state index in [0.29, 0.717) is 0 Å². The Kier molecular flexibility index (Phi) is 4.71. The summed E-state index contributed by atoms with van der Waals surface area (Å²) in [6.45, 7) is 1.68. The lowest BCUT2D eigenvalue weighted by Gasteiger charge is -2.20. The molecule has 1 fully saturated rings. The minimum absolute atomic E-state index is 0.00122. The normalized spacial score (nSPS) is 17.1. The van der Waals surface area contributed by atoms with Gasteiger partial charge in [0.15, 0.2) is 0 Å². The van der Waals surface area contributed by atoms with Crippen molar-refractivity contribution in [1.82, 2.24) is 5.32 Å². The van der Waals surface area contributed by atoms with Gasteiger partial charge in [0.25, 0.3) is 5.91 Å². The van der Waals surface area contributed by atoms with Gasteiger partial charge in [-0.05, 0) is 17.9 Å². The lowest BCUT2D eigenvalue weighted by molar-refractivity contribution is 0.0941. The van der Waals surface area contributed by atoms with Gasteiger partial charge in [0.1, 0.15) is 11.5 Å². The van der Waals surface area contributed by atoms with Crippen LogP contribution in [0.5, 0.6) is 11.5 Å². The maximum Gasteiger partial charge on any atom is 0.252 e. The zero-order chi connectivity index (χ0) is 16.2. The van der Waals surface area contributed by atoms with Crippen molar-refractivity contribution >= 4 is 22.9 Å². The summed E-state index contributed by atoms with van der Waals surface area (Å²) in [5.74, 6) is 1.54. The van der Waals surface area contributed by atoms with Gasteiger partial charge in [-0.25, -0.2) is 0 Å². The maximum absolute atomic E-state index is 12.1. The Balaban J connectivity index is 1.66. The Morgan fingerprint density at radius 1 is 1.26 bits per heavy atom. The third-order valence-corrected chi connectivity index (χ3v) is 4.69. The van der Waals surface area contributed by atoms with E-state index < -0.39 is 0 Å². The van der Waals surface area contributed by atoms with Gasteiger partial charge in [0.05, 0.1) is 14.2 Å². The van der Waals surface area contributed by atoms with E-state index in [9.17, 15) is 4.79 Å². The van der Waals surface area contributed by atoms with Crippen molar-refractivity contribution in [2.75, 3.05) is 32.2 Å². The largest absolute Gasteiger partial charge is 0.497 e. The van der Waals surface area contributed by atoms with Crippen LogP contribution in [0.1, 0.15) is 16.8 Å². The SMILES string of the molecule is COc1cc(OC)cc(N2CC[C@H](NC(=O)c3ccsc3)C2)c1. The average Bonchev–Trinajstić information content (AvgIpc) is 3.26. The van der Waals surface area contributed by atoms with Gasteiger partial charge in [-0.2, -0.15) is 11.3 Å². The molecule has 0 aliphatic carbocycles. The monoisotopic (exact) mass is 332 g/mol. The van der Waals surface area contributed by atoms with Crippen LogP contribution in [0.2, 0.25) is 0 Å². The van der Waals surface area contributed by atoms with E-state index in [1.165, 1.54) is 11.3 Å². The molecule has 1 aromatic carbocycles. The number of thiophene rings is 1. The Morgan fingerprint density at radius 3 is 2.61 bits per heavy atom. The molecule has 0 saturated carbocycles. The molecule has 1 aliphatic rings. The highest BCUT2D eigenvalue weighted by atomic mass is 32.1. The Morgan fingerprint density at radius 2 is 2.00 bits per heavy atom. The number of carbonyl (C=O) groups excluding carboxylic acids is 1. The molecule has 5 nitrogen and oxygen atoms in total. The van der Waals surface area contributed by atoms with Crippen LogP contribution in [0.3, 0.4) is 0 Å². The number of nitrogens with one attached hydrogen (secondary N) is 1. The summed E-state index contributed by atoms with van der Waals surface area (Å²) < 4.78 is 10.6. The fourth-order valence-corrected chi connectivity index (χ4v) is 3.39. The summed E-state index contributed by atoms with van der Waals surface area (Å²) in [4.78, 5) is 14.4. The molecule has 1 amide bonds. The van der Waals surface area contributed by atoms with Crippen molar-refractivity contribution in [3.05, 3.63) is 40.6 Å². The van der Waals surface area contributed by atoms with Crippen LogP contribution in [-0.2, 0) is 0 Å². The molecule has 3 rings (SSSR count). The van der Waals surface area contributed by atoms with Crippen molar-refractivity contribution in [2.45, 2.75) is 12.5 Å². The fourth-order valence-electron chi connectivity index (χ4n) is 2.75. The van der Waals surface area contributed by atoms with E-state index in [0.717, 1.165) is 42.3 Å². The quantitative estimate of drug-likeness (QED) is 0.915. The van der Waals surface area contributed by atoms with E-state index in [1.54, 1.807) is 14.2 Å². The molecule has 122 valence electrons. The molecule has 0 radical (unpaired) electrons. The predicted octanol–water partition coefficient (Wildman–Crippen LogP) is 2.77. The molecule has 0 unspecified atom stereocenters. The molecule has 2 heterocycles. The van der Waals surface area contributed by atoms with E-state index in [2.05, 4.69) is 10.2 Å². The highest BCUT2D eigenvalue weighted by molar-refractivity contribution is 7.08. The number of anilines is 1. The Labute approximate surface area is 139 Å². The Bertz CT molecular complexity index is 650. The minimum atomic E-state index is 0.00122. The molecule has 1 aromatic heterocycles. The molecule has 1 aliphatic heterocycles. The van der Waals surface area contributed by atoms with Crippen LogP contribution in [0, 0.1) is 0 Å². The first-order chi connectivity index (χ1) is 11.2. The van der Waals surface area contributed by atoms with Gasteiger partial charge in [0.2, 0.25) is 0 Å². The molecule has 6 heteroatoms. The number of nitrogens with zero attached hydrogens (tertiary/aromatic N) is 1. The lowest BCUT2D eigenvalue weighted by atomic mass is 10.2. The van der Waals surface area contributed by atoms with Crippen molar-refractivity contribution < 1.29 is 14.3 Å². The van der Waals surface area contributed by atoms with E-state index in [1.807, 2.05) is 35.0 Å². The van der Waals surface area contributed by atoms with Crippen LogP contribution in [-0.4, -0.2) is 39.3 Å². The number of amides is 1. The zero-order valence-electron chi connectivity index (χ0n) is 13.2. The summed E-state index contributed by atoms with van der Waals surface area (Å²) >= 11 is 1.53.